The molecule has 1 unspecified atom stereocenters. The van der Waals surface area contributed by atoms with Crippen LogP contribution in [-0.2, 0) is 9.53 Å². The zero-order valence-electron chi connectivity index (χ0n) is 11.5. The van der Waals surface area contributed by atoms with Crippen molar-refractivity contribution in [1.29, 1.82) is 0 Å². The molecule has 4 nitrogen and oxygen atoms in total. The fourth-order valence-electron chi connectivity index (χ4n) is 2.36. The molecular formula is C15H19NO3. The average molecular weight is 261 g/mol. The van der Waals surface area contributed by atoms with Gasteiger partial charge in [0.15, 0.2) is 0 Å². The Kier molecular flexibility index (Phi) is 4.10. The number of carbonyl (C=O) groups is 1. The highest BCUT2D eigenvalue weighted by Crippen LogP contribution is 2.33. The maximum Gasteiger partial charge on any atom is 0.313 e. The van der Waals surface area contributed by atoms with Crippen LogP contribution in [0, 0.1) is 0 Å². The van der Waals surface area contributed by atoms with E-state index in [-0.39, 0.29) is 11.9 Å². The SMILES string of the molecule is CCOC(=O)C(CC)c1c[nH]c2c(OC)cccc12. The van der Waals surface area contributed by atoms with Crippen molar-refractivity contribution in [2.45, 2.75) is 26.2 Å². The first-order chi connectivity index (χ1) is 9.22. The van der Waals surface area contributed by atoms with E-state index in [0.717, 1.165) is 22.2 Å². The second-order valence-corrected chi connectivity index (χ2v) is 4.34. The third-order valence-electron chi connectivity index (χ3n) is 3.28. The molecule has 0 aliphatic heterocycles. The fourth-order valence-corrected chi connectivity index (χ4v) is 2.36. The zero-order chi connectivity index (χ0) is 13.8. The number of benzene rings is 1. The Hall–Kier alpha value is -1.97. The molecule has 0 aliphatic rings. The van der Waals surface area contributed by atoms with E-state index in [2.05, 4.69) is 4.98 Å². The second kappa shape index (κ2) is 5.78. The molecule has 0 fully saturated rings. The van der Waals surface area contributed by atoms with Crippen LogP contribution in [0.3, 0.4) is 0 Å². The minimum Gasteiger partial charge on any atom is -0.495 e. The number of hydrogen-bond acceptors (Lipinski definition) is 3. The van der Waals surface area contributed by atoms with Crippen molar-refractivity contribution in [2.75, 3.05) is 13.7 Å². The van der Waals surface area contributed by atoms with Gasteiger partial charge in [-0.3, -0.25) is 4.79 Å². The van der Waals surface area contributed by atoms with Crippen LogP contribution < -0.4 is 4.74 Å². The van der Waals surface area contributed by atoms with E-state index in [9.17, 15) is 4.79 Å². The van der Waals surface area contributed by atoms with Gasteiger partial charge < -0.3 is 14.5 Å². The number of H-pyrrole nitrogens is 1. The highest BCUT2D eigenvalue weighted by atomic mass is 16.5. The van der Waals surface area contributed by atoms with Gasteiger partial charge in [-0.15, -0.1) is 0 Å². The summed E-state index contributed by atoms with van der Waals surface area (Å²) in [4.78, 5) is 15.2. The molecule has 1 aromatic heterocycles. The van der Waals surface area contributed by atoms with Gasteiger partial charge in [0.25, 0.3) is 0 Å². The zero-order valence-corrected chi connectivity index (χ0v) is 11.5. The molecule has 0 saturated heterocycles. The number of rotatable bonds is 5. The van der Waals surface area contributed by atoms with Crippen LogP contribution in [0.2, 0.25) is 0 Å². The summed E-state index contributed by atoms with van der Waals surface area (Å²) in [6.45, 7) is 4.21. The Morgan fingerprint density at radius 3 is 2.79 bits per heavy atom. The van der Waals surface area contributed by atoms with E-state index in [4.69, 9.17) is 9.47 Å². The smallest absolute Gasteiger partial charge is 0.313 e. The van der Waals surface area contributed by atoms with Crippen LogP contribution >= 0.6 is 0 Å². The summed E-state index contributed by atoms with van der Waals surface area (Å²) in [5.74, 6) is 0.372. The van der Waals surface area contributed by atoms with E-state index < -0.39 is 0 Å². The molecule has 4 heteroatoms. The third kappa shape index (κ3) is 2.43. The Bertz CT molecular complexity index is 574. The third-order valence-corrected chi connectivity index (χ3v) is 3.28. The number of methoxy groups -OCH3 is 1. The monoisotopic (exact) mass is 261 g/mol. The van der Waals surface area contributed by atoms with Gasteiger partial charge in [-0.05, 0) is 25.0 Å². The second-order valence-electron chi connectivity index (χ2n) is 4.34. The van der Waals surface area contributed by atoms with Crippen molar-refractivity contribution >= 4 is 16.9 Å². The van der Waals surface area contributed by atoms with E-state index in [0.29, 0.717) is 13.0 Å². The molecule has 19 heavy (non-hydrogen) atoms. The maximum atomic E-state index is 12.0. The van der Waals surface area contributed by atoms with Gasteiger partial charge in [-0.2, -0.15) is 0 Å². The average Bonchev–Trinajstić information content (AvgIpc) is 2.84. The molecule has 2 rings (SSSR count). The molecule has 1 heterocycles. The van der Waals surface area contributed by atoms with Gasteiger partial charge in [-0.25, -0.2) is 0 Å². The number of ether oxygens (including phenoxy) is 2. The molecule has 0 spiro atoms. The normalized spacial score (nSPS) is 12.4. The van der Waals surface area contributed by atoms with Crippen molar-refractivity contribution in [3.05, 3.63) is 30.0 Å². The Morgan fingerprint density at radius 1 is 1.37 bits per heavy atom. The quantitative estimate of drug-likeness (QED) is 0.841. The van der Waals surface area contributed by atoms with Crippen molar-refractivity contribution in [1.82, 2.24) is 4.98 Å². The number of para-hydroxylation sites is 1. The predicted molar refractivity (Wildman–Crippen MR) is 74.5 cm³/mol. The van der Waals surface area contributed by atoms with Crippen molar-refractivity contribution in [3.63, 3.8) is 0 Å². The summed E-state index contributed by atoms with van der Waals surface area (Å²) in [5.41, 5.74) is 1.89. The standard InChI is InChI=1S/C15H19NO3/c1-4-10(15(17)19-5-2)12-9-16-14-11(12)7-6-8-13(14)18-3/h6-10,16H,4-5H2,1-3H3. The first-order valence-corrected chi connectivity index (χ1v) is 6.53. The van der Waals surface area contributed by atoms with Crippen LogP contribution in [0.1, 0.15) is 31.7 Å². The lowest BCUT2D eigenvalue weighted by Crippen LogP contribution is -2.14. The number of carbonyl (C=O) groups excluding carboxylic acids is 1. The minimum absolute atomic E-state index is 0.172. The Balaban J connectivity index is 2.47. The van der Waals surface area contributed by atoms with E-state index >= 15 is 0 Å². The molecule has 102 valence electrons. The van der Waals surface area contributed by atoms with Crippen molar-refractivity contribution in [2.24, 2.45) is 0 Å². The highest BCUT2D eigenvalue weighted by molar-refractivity contribution is 5.93. The molecule has 0 radical (unpaired) electrons. The van der Waals surface area contributed by atoms with E-state index in [1.54, 1.807) is 7.11 Å². The maximum absolute atomic E-state index is 12.0. The number of fused-ring (bicyclic) bond motifs is 1. The largest absolute Gasteiger partial charge is 0.495 e. The lowest BCUT2D eigenvalue weighted by molar-refractivity contribution is -0.145. The molecule has 0 aliphatic carbocycles. The summed E-state index contributed by atoms with van der Waals surface area (Å²) in [6, 6.07) is 5.82. The van der Waals surface area contributed by atoms with Gasteiger partial charge in [-0.1, -0.05) is 19.1 Å². The number of esters is 1. The Labute approximate surface area is 112 Å². The van der Waals surface area contributed by atoms with Gasteiger partial charge in [0, 0.05) is 11.6 Å². The van der Waals surface area contributed by atoms with E-state index in [1.165, 1.54) is 0 Å². The molecule has 0 saturated carbocycles. The molecule has 2 aromatic rings. The first-order valence-electron chi connectivity index (χ1n) is 6.53. The van der Waals surface area contributed by atoms with Gasteiger partial charge >= 0.3 is 5.97 Å². The van der Waals surface area contributed by atoms with Crippen LogP contribution in [-0.4, -0.2) is 24.7 Å². The predicted octanol–water partition coefficient (Wildman–Crippen LogP) is 3.23. The van der Waals surface area contributed by atoms with Crippen LogP contribution in [0.15, 0.2) is 24.4 Å². The lowest BCUT2D eigenvalue weighted by atomic mass is 9.96. The van der Waals surface area contributed by atoms with Crippen LogP contribution in [0.4, 0.5) is 0 Å². The summed E-state index contributed by atoms with van der Waals surface area (Å²) >= 11 is 0. The van der Waals surface area contributed by atoms with Crippen LogP contribution in [0.5, 0.6) is 5.75 Å². The molecule has 1 atom stereocenters. The summed E-state index contributed by atoms with van der Waals surface area (Å²) in [7, 11) is 1.64. The highest BCUT2D eigenvalue weighted by Gasteiger charge is 2.23. The first kappa shape index (κ1) is 13.5. The number of aromatic amines is 1. The Morgan fingerprint density at radius 2 is 2.16 bits per heavy atom. The lowest BCUT2D eigenvalue weighted by Gasteiger charge is -2.12. The molecule has 0 bridgehead atoms. The summed E-state index contributed by atoms with van der Waals surface area (Å²) in [5, 5.41) is 1.01. The van der Waals surface area contributed by atoms with Crippen LogP contribution in [0.25, 0.3) is 10.9 Å². The number of aromatic nitrogens is 1. The summed E-state index contributed by atoms with van der Waals surface area (Å²) in [6.07, 6.45) is 2.58. The molecular weight excluding hydrogens is 242 g/mol. The number of nitrogens with one attached hydrogen (secondary N) is 1. The number of hydrogen-bond donors (Lipinski definition) is 1. The van der Waals surface area contributed by atoms with Crippen molar-refractivity contribution < 1.29 is 14.3 Å². The molecule has 0 amide bonds. The van der Waals surface area contributed by atoms with E-state index in [1.807, 2.05) is 38.2 Å². The van der Waals surface area contributed by atoms with Gasteiger partial charge in [0.05, 0.1) is 25.2 Å². The minimum atomic E-state index is -0.235. The molecule has 1 aromatic carbocycles. The van der Waals surface area contributed by atoms with Gasteiger partial charge in [0.1, 0.15) is 5.75 Å². The molecule has 1 N–H and O–H groups in total. The summed E-state index contributed by atoms with van der Waals surface area (Å²) < 4.78 is 10.5. The van der Waals surface area contributed by atoms with Crippen molar-refractivity contribution in [3.8, 4) is 5.75 Å². The topological polar surface area (TPSA) is 51.3 Å². The fraction of sp³-hybridized carbons (Fsp3) is 0.400. The van der Waals surface area contributed by atoms with Gasteiger partial charge in [0.2, 0.25) is 0 Å².